The monoisotopic (exact) mass is 183 g/mol. The van der Waals surface area contributed by atoms with Crippen LogP contribution in [0.3, 0.4) is 0 Å². The Bertz CT molecular complexity index is 531. The van der Waals surface area contributed by atoms with E-state index < -0.39 is 0 Å². The summed E-state index contributed by atoms with van der Waals surface area (Å²) in [5, 5.41) is 1.01. The van der Waals surface area contributed by atoms with E-state index in [0.29, 0.717) is 6.42 Å². The number of aromatic nitrogens is 1. The molecule has 0 N–H and O–H groups in total. The van der Waals surface area contributed by atoms with E-state index in [1.165, 1.54) is 5.56 Å². The van der Waals surface area contributed by atoms with E-state index in [4.69, 9.17) is 0 Å². The van der Waals surface area contributed by atoms with Crippen molar-refractivity contribution in [3.63, 3.8) is 0 Å². The first-order chi connectivity index (χ1) is 6.86. The van der Waals surface area contributed by atoms with Gasteiger partial charge in [0.05, 0.1) is 5.52 Å². The number of nitrogens with zero attached hydrogens (tertiary/aromatic N) is 1. The van der Waals surface area contributed by atoms with Crippen LogP contribution in [-0.4, -0.2) is 10.8 Å². The molecule has 14 heavy (non-hydrogen) atoms. The first-order valence-electron chi connectivity index (χ1n) is 4.76. The molecular weight excluding hydrogens is 174 g/mol. The van der Waals surface area contributed by atoms with E-state index >= 15 is 0 Å². The van der Waals surface area contributed by atoms with Gasteiger partial charge in [-0.3, -0.25) is 9.78 Å². The average Bonchev–Trinajstić information content (AvgIpc) is 2.61. The van der Waals surface area contributed by atoms with E-state index in [9.17, 15) is 4.79 Å². The molecule has 0 saturated carbocycles. The zero-order valence-electron chi connectivity index (χ0n) is 7.66. The SMILES string of the molecule is O=C1CCc2ccc3ncccc3c21. The van der Waals surface area contributed by atoms with Crippen LogP contribution >= 0.6 is 0 Å². The standard InChI is InChI=1S/C12H9NO/c14-11-6-4-8-3-5-10-9(12(8)11)2-1-7-13-10/h1-3,5,7H,4,6H2. The van der Waals surface area contributed by atoms with Gasteiger partial charge in [-0.2, -0.15) is 0 Å². The summed E-state index contributed by atoms with van der Waals surface area (Å²) >= 11 is 0. The minimum absolute atomic E-state index is 0.263. The van der Waals surface area contributed by atoms with Crippen molar-refractivity contribution < 1.29 is 4.79 Å². The van der Waals surface area contributed by atoms with Gasteiger partial charge in [0.25, 0.3) is 0 Å². The maximum Gasteiger partial charge on any atom is 0.164 e. The molecule has 0 fully saturated rings. The van der Waals surface area contributed by atoms with Crippen LogP contribution in [-0.2, 0) is 6.42 Å². The lowest BCUT2D eigenvalue weighted by Gasteiger charge is -2.02. The normalized spacial score (nSPS) is 14.7. The Morgan fingerprint density at radius 1 is 1.14 bits per heavy atom. The molecule has 0 atom stereocenters. The van der Waals surface area contributed by atoms with Crippen LogP contribution in [0.25, 0.3) is 10.9 Å². The van der Waals surface area contributed by atoms with Gasteiger partial charge in [-0.15, -0.1) is 0 Å². The van der Waals surface area contributed by atoms with Crippen LogP contribution in [0.1, 0.15) is 22.3 Å². The Kier molecular flexibility index (Phi) is 1.45. The Labute approximate surface area is 81.6 Å². The van der Waals surface area contributed by atoms with Gasteiger partial charge in [0.15, 0.2) is 5.78 Å². The first-order valence-corrected chi connectivity index (χ1v) is 4.76. The molecule has 68 valence electrons. The van der Waals surface area contributed by atoms with Gasteiger partial charge in [0, 0.05) is 23.6 Å². The Hall–Kier alpha value is -1.70. The summed E-state index contributed by atoms with van der Waals surface area (Å²) in [5.41, 5.74) is 2.99. The molecule has 1 aliphatic carbocycles. The molecule has 2 heteroatoms. The van der Waals surface area contributed by atoms with E-state index in [-0.39, 0.29) is 5.78 Å². The molecule has 0 saturated heterocycles. The summed E-state index contributed by atoms with van der Waals surface area (Å²) in [6.45, 7) is 0. The summed E-state index contributed by atoms with van der Waals surface area (Å²) in [6, 6.07) is 7.88. The number of carbonyl (C=O) groups excluding carboxylic acids is 1. The van der Waals surface area contributed by atoms with Gasteiger partial charge in [0.1, 0.15) is 0 Å². The number of benzene rings is 1. The van der Waals surface area contributed by atoms with Crippen LogP contribution in [0.2, 0.25) is 0 Å². The highest BCUT2D eigenvalue weighted by Crippen LogP contribution is 2.28. The second-order valence-electron chi connectivity index (χ2n) is 3.59. The van der Waals surface area contributed by atoms with Crippen LogP contribution in [0.4, 0.5) is 0 Å². The summed E-state index contributed by atoms with van der Waals surface area (Å²) in [4.78, 5) is 15.9. The highest BCUT2D eigenvalue weighted by Gasteiger charge is 2.21. The smallest absolute Gasteiger partial charge is 0.164 e. The fourth-order valence-corrected chi connectivity index (χ4v) is 2.11. The molecule has 0 spiro atoms. The second-order valence-corrected chi connectivity index (χ2v) is 3.59. The fraction of sp³-hybridized carbons (Fsp3) is 0.167. The number of hydrogen-bond acceptors (Lipinski definition) is 2. The van der Waals surface area contributed by atoms with Crippen molar-refractivity contribution in [1.82, 2.24) is 4.98 Å². The predicted molar refractivity (Wildman–Crippen MR) is 54.4 cm³/mol. The molecule has 1 heterocycles. The highest BCUT2D eigenvalue weighted by atomic mass is 16.1. The van der Waals surface area contributed by atoms with Crippen LogP contribution in [0.5, 0.6) is 0 Å². The summed E-state index contributed by atoms with van der Waals surface area (Å²) < 4.78 is 0. The molecule has 0 unspecified atom stereocenters. The number of rotatable bonds is 0. The minimum Gasteiger partial charge on any atom is -0.294 e. The van der Waals surface area contributed by atoms with Crippen molar-refractivity contribution in [2.75, 3.05) is 0 Å². The number of hydrogen-bond donors (Lipinski definition) is 0. The van der Waals surface area contributed by atoms with Crippen molar-refractivity contribution in [3.05, 3.63) is 41.6 Å². The molecule has 2 nitrogen and oxygen atoms in total. The fourth-order valence-electron chi connectivity index (χ4n) is 2.11. The van der Waals surface area contributed by atoms with E-state index in [1.807, 2.05) is 24.3 Å². The van der Waals surface area contributed by atoms with Crippen molar-refractivity contribution >= 4 is 16.7 Å². The molecule has 0 radical (unpaired) electrons. The average molecular weight is 183 g/mol. The molecule has 2 aromatic rings. The number of carbonyl (C=O) groups is 1. The molecular formula is C12H9NO. The third-order valence-electron chi connectivity index (χ3n) is 2.77. The van der Waals surface area contributed by atoms with Gasteiger partial charge in [-0.25, -0.2) is 0 Å². The second kappa shape index (κ2) is 2.64. The Balaban J connectivity index is 2.47. The lowest BCUT2D eigenvalue weighted by atomic mass is 10.0. The van der Waals surface area contributed by atoms with Crippen molar-refractivity contribution in [1.29, 1.82) is 0 Å². The number of pyridine rings is 1. The Morgan fingerprint density at radius 3 is 3.00 bits per heavy atom. The molecule has 3 rings (SSSR count). The topological polar surface area (TPSA) is 30.0 Å². The third-order valence-corrected chi connectivity index (χ3v) is 2.77. The van der Waals surface area contributed by atoms with Crippen molar-refractivity contribution in [2.45, 2.75) is 12.8 Å². The largest absolute Gasteiger partial charge is 0.294 e. The molecule has 0 bridgehead atoms. The molecule has 0 aliphatic heterocycles. The first kappa shape index (κ1) is 7.68. The number of Topliss-reactive ketones (excluding diaryl/α,β-unsaturated/α-hetero) is 1. The van der Waals surface area contributed by atoms with Gasteiger partial charge >= 0.3 is 0 Å². The summed E-state index contributed by atoms with van der Waals surface area (Å²) in [6.07, 6.45) is 3.30. The lowest BCUT2D eigenvalue weighted by Crippen LogP contribution is -1.93. The van der Waals surface area contributed by atoms with Gasteiger partial charge in [-0.05, 0) is 24.1 Å². The third kappa shape index (κ3) is 0.909. The minimum atomic E-state index is 0.263. The zero-order valence-corrected chi connectivity index (χ0v) is 7.66. The van der Waals surface area contributed by atoms with Crippen LogP contribution in [0.15, 0.2) is 30.5 Å². The maximum atomic E-state index is 11.7. The van der Waals surface area contributed by atoms with Gasteiger partial charge < -0.3 is 0 Å². The quantitative estimate of drug-likeness (QED) is 0.627. The summed E-state index contributed by atoms with van der Waals surface area (Å²) in [5.74, 6) is 0.263. The van der Waals surface area contributed by atoms with E-state index in [0.717, 1.165) is 22.9 Å². The van der Waals surface area contributed by atoms with Crippen LogP contribution in [0, 0.1) is 0 Å². The number of fused-ring (bicyclic) bond motifs is 3. The van der Waals surface area contributed by atoms with Crippen molar-refractivity contribution in [2.24, 2.45) is 0 Å². The predicted octanol–water partition coefficient (Wildman–Crippen LogP) is 2.36. The lowest BCUT2D eigenvalue weighted by molar-refractivity contribution is 0.0996. The zero-order chi connectivity index (χ0) is 9.54. The van der Waals surface area contributed by atoms with Gasteiger partial charge in [-0.1, -0.05) is 12.1 Å². The van der Waals surface area contributed by atoms with E-state index in [2.05, 4.69) is 4.98 Å². The van der Waals surface area contributed by atoms with E-state index in [1.54, 1.807) is 6.20 Å². The number of aryl methyl sites for hydroxylation is 1. The summed E-state index contributed by atoms with van der Waals surface area (Å²) in [7, 11) is 0. The highest BCUT2D eigenvalue weighted by molar-refractivity contribution is 6.10. The molecule has 1 aromatic carbocycles. The van der Waals surface area contributed by atoms with Crippen molar-refractivity contribution in [3.8, 4) is 0 Å². The Morgan fingerprint density at radius 2 is 2.07 bits per heavy atom. The molecule has 1 aliphatic rings. The molecule has 1 aromatic heterocycles. The molecule has 0 amide bonds. The van der Waals surface area contributed by atoms with Gasteiger partial charge in [0.2, 0.25) is 0 Å². The number of ketones is 1. The maximum absolute atomic E-state index is 11.7. The van der Waals surface area contributed by atoms with Crippen LogP contribution < -0.4 is 0 Å².